The fourth-order valence-electron chi connectivity index (χ4n) is 3.00. The first-order valence-electron chi connectivity index (χ1n) is 7.97. The maximum Gasteiger partial charge on any atom is 0.303 e. The minimum absolute atomic E-state index is 0.0325. The molecular weight excluding hydrogens is 366 g/mol. The van der Waals surface area contributed by atoms with Crippen LogP contribution in [0.1, 0.15) is 33.4 Å². The van der Waals surface area contributed by atoms with Crippen LogP contribution in [0.3, 0.4) is 0 Å². The normalized spacial score (nSPS) is 25.4. The molecule has 140 valence electrons. The number of halogens is 1. The molecule has 10 nitrogen and oxygen atoms in total. The van der Waals surface area contributed by atoms with Crippen molar-refractivity contribution in [2.75, 3.05) is 5.73 Å². The van der Waals surface area contributed by atoms with Gasteiger partial charge in [-0.15, -0.1) is 0 Å². The van der Waals surface area contributed by atoms with Crippen LogP contribution in [0, 0.1) is 0 Å². The third-order valence-corrected chi connectivity index (χ3v) is 4.23. The highest BCUT2D eigenvalue weighted by molar-refractivity contribution is 6.33. The summed E-state index contributed by atoms with van der Waals surface area (Å²) in [6.07, 6.45) is -0.957. The Morgan fingerprint density at radius 2 is 1.92 bits per heavy atom. The van der Waals surface area contributed by atoms with E-state index in [4.69, 9.17) is 31.5 Å². The van der Waals surface area contributed by atoms with Gasteiger partial charge in [-0.1, -0.05) is 18.5 Å². The molecule has 1 aliphatic rings. The quantitative estimate of drug-likeness (QED) is 0.611. The molecule has 3 rings (SSSR count). The second-order valence-corrected chi connectivity index (χ2v) is 6.18. The van der Waals surface area contributed by atoms with Crippen LogP contribution in [0.25, 0.3) is 11.2 Å². The molecule has 2 N–H and O–H groups in total. The molecule has 26 heavy (non-hydrogen) atoms. The van der Waals surface area contributed by atoms with E-state index in [1.807, 2.05) is 6.92 Å². The lowest BCUT2D eigenvalue weighted by Crippen LogP contribution is -2.38. The number of anilines is 1. The largest absolute Gasteiger partial charge is 0.456 e. The maximum absolute atomic E-state index is 11.6. The van der Waals surface area contributed by atoms with Crippen LogP contribution < -0.4 is 5.73 Å². The predicted molar refractivity (Wildman–Crippen MR) is 90.1 cm³/mol. The van der Waals surface area contributed by atoms with Gasteiger partial charge < -0.3 is 19.9 Å². The number of carbonyl (C=O) groups is 2. The molecule has 11 heteroatoms. The topological polar surface area (TPSA) is 131 Å². The van der Waals surface area contributed by atoms with Gasteiger partial charge in [0.05, 0.1) is 6.33 Å². The van der Waals surface area contributed by atoms with Crippen LogP contribution >= 0.6 is 11.6 Å². The summed E-state index contributed by atoms with van der Waals surface area (Å²) in [6, 6.07) is 0. The van der Waals surface area contributed by atoms with Gasteiger partial charge in [-0.05, 0) is 6.42 Å². The Morgan fingerprint density at radius 1 is 1.27 bits per heavy atom. The van der Waals surface area contributed by atoms with E-state index in [0.717, 1.165) is 0 Å². The average Bonchev–Trinajstić information content (AvgIpc) is 3.09. The number of esters is 2. The Labute approximate surface area is 153 Å². The lowest BCUT2D eigenvalue weighted by Gasteiger charge is -2.23. The molecule has 2 aromatic rings. The van der Waals surface area contributed by atoms with Crippen LogP contribution in [-0.2, 0) is 23.8 Å². The van der Waals surface area contributed by atoms with Crippen LogP contribution in [0.15, 0.2) is 6.33 Å². The maximum atomic E-state index is 11.6. The van der Waals surface area contributed by atoms with Crippen molar-refractivity contribution in [3.63, 3.8) is 0 Å². The lowest BCUT2D eigenvalue weighted by molar-refractivity contribution is -0.165. The van der Waals surface area contributed by atoms with E-state index in [-0.39, 0.29) is 11.1 Å². The van der Waals surface area contributed by atoms with E-state index in [1.54, 1.807) is 4.57 Å². The molecule has 0 saturated carbocycles. The van der Waals surface area contributed by atoms with Crippen molar-refractivity contribution in [1.82, 2.24) is 19.5 Å². The molecule has 1 saturated heterocycles. The van der Waals surface area contributed by atoms with Gasteiger partial charge in [-0.3, -0.25) is 14.2 Å². The summed E-state index contributed by atoms with van der Waals surface area (Å²) in [5, 5.41) is 0.0943. The van der Waals surface area contributed by atoms with Gasteiger partial charge in [0.15, 0.2) is 29.2 Å². The van der Waals surface area contributed by atoms with Gasteiger partial charge in [-0.2, -0.15) is 9.97 Å². The van der Waals surface area contributed by atoms with Crippen molar-refractivity contribution in [3.8, 4) is 0 Å². The van der Waals surface area contributed by atoms with Crippen LogP contribution in [0.2, 0.25) is 5.15 Å². The van der Waals surface area contributed by atoms with Crippen molar-refractivity contribution >= 4 is 40.7 Å². The first-order chi connectivity index (χ1) is 12.3. The van der Waals surface area contributed by atoms with Crippen molar-refractivity contribution in [2.24, 2.45) is 0 Å². The van der Waals surface area contributed by atoms with Crippen LogP contribution in [0.4, 0.5) is 5.95 Å². The number of rotatable bonds is 4. The van der Waals surface area contributed by atoms with Crippen molar-refractivity contribution in [2.45, 2.75) is 51.7 Å². The Hall–Kier alpha value is -2.46. The molecule has 0 bridgehead atoms. The summed E-state index contributed by atoms with van der Waals surface area (Å²) >= 11 is 6.05. The first-order valence-corrected chi connectivity index (χ1v) is 8.35. The van der Waals surface area contributed by atoms with Crippen molar-refractivity contribution in [3.05, 3.63) is 11.5 Å². The van der Waals surface area contributed by atoms with Gasteiger partial charge in [0.25, 0.3) is 0 Å². The van der Waals surface area contributed by atoms with Gasteiger partial charge in [0, 0.05) is 13.8 Å². The molecule has 4 atom stereocenters. The third-order valence-electron chi connectivity index (χ3n) is 3.96. The van der Waals surface area contributed by atoms with E-state index in [0.29, 0.717) is 17.6 Å². The number of nitrogens with zero attached hydrogens (tertiary/aromatic N) is 4. The number of aromatic nitrogens is 4. The predicted octanol–water partition coefficient (Wildman–Crippen LogP) is 1.23. The van der Waals surface area contributed by atoms with Gasteiger partial charge in [0.2, 0.25) is 5.95 Å². The molecule has 0 spiro atoms. The molecule has 1 fully saturated rings. The summed E-state index contributed by atoms with van der Waals surface area (Å²) in [6.45, 7) is 4.42. The molecule has 0 amide bonds. The highest BCUT2D eigenvalue weighted by atomic mass is 35.5. The van der Waals surface area contributed by atoms with Gasteiger partial charge in [-0.25, -0.2) is 4.98 Å². The number of imidazole rings is 1. The van der Waals surface area contributed by atoms with Gasteiger partial charge in [0.1, 0.15) is 11.6 Å². The number of nitrogen functional groups attached to an aromatic ring is 1. The second-order valence-electron chi connectivity index (χ2n) is 5.82. The summed E-state index contributed by atoms with van der Waals surface area (Å²) in [5.41, 5.74) is 6.32. The van der Waals surface area contributed by atoms with E-state index in [1.165, 1.54) is 20.2 Å². The highest BCUT2D eigenvalue weighted by Gasteiger charge is 2.49. The standard InChI is InChI=1S/C15H18ClN5O5/c1-4-8-10(24-6(2)22)11(25-7(3)23)14(26-8)21-5-18-9-12(16)19-15(17)20-13(9)21/h5,8,10-11,14H,4H2,1-3H3,(H2,17,19,20)/t8-,10+,11?,14-/m1/s1. The summed E-state index contributed by atoms with van der Waals surface area (Å²) in [7, 11) is 0. The average molecular weight is 384 g/mol. The fraction of sp³-hybridized carbons (Fsp3) is 0.533. The van der Waals surface area contributed by atoms with Crippen LogP contribution in [-0.4, -0.2) is 49.8 Å². The Kier molecular flexibility index (Phi) is 4.97. The monoisotopic (exact) mass is 383 g/mol. The van der Waals surface area contributed by atoms with E-state index < -0.39 is 36.5 Å². The minimum Gasteiger partial charge on any atom is -0.456 e. The molecule has 0 aromatic carbocycles. The number of ether oxygens (including phenoxy) is 3. The molecule has 0 radical (unpaired) electrons. The number of nitrogens with two attached hydrogens (primary N) is 1. The molecular formula is C15H18ClN5O5. The number of fused-ring (bicyclic) bond motifs is 1. The molecule has 1 aliphatic heterocycles. The molecule has 2 aromatic heterocycles. The summed E-state index contributed by atoms with van der Waals surface area (Å²) in [4.78, 5) is 35.3. The zero-order chi connectivity index (χ0) is 19.0. The third kappa shape index (κ3) is 3.29. The smallest absolute Gasteiger partial charge is 0.303 e. The lowest BCUT2D eigenvalue weighted by atomic mass is 10.1. The Bertz CT molecular complexity index is 856. The van der Waals surface area contributed by atoms with E-state index >= 15 is 0 Å². The Balaban J connectivity index is 2.07. The minimum atomic E-state index is -0.881. The zero-order valence-corrected chi connectivity index (χ0v) is 15.1. The van der Waals surface area contributed by atoms with Crippen molar-refractivity contribution in [1.29, 1.82) is 0 Å². The zero-order valence-electron chi connectivity index (χ0n) is 14.4. The number of hydrogen-bond acceptors (Lipinski definition) is 9. The SMILES string of the molecule is CC[C@H]1O[C@@H](n2cnc3c(Cl)nc(N)nc32)C(OC(C)=O)[C@H]1OC(C)=O. The number of hydrogen-bond donors (Lipinski definition) is 1. The molecule has 0 aliphatic carbocycles. The van der Waals surface area contributed by atoms with Crippen molar-refractivity contribution < 1.29 is 23.8 Å². The van der Waals surface area contributed by atoms with Crippen LogP contribution in [0.5, 0.6) is 0 Å². The summed E-state index contributed by atoms with van der Waals surface area (Å²) < 4.78 is 18.3. The number of carbonyl (C=O) groups excluding carboxylic acids is 2. The summed E-state index contributed by atoms with van der Waals surface area (Å²) in [5.74, 6) is -1.07. The molecule has 1 unspecified atom stereocenters. The van der Waals surface area contributed by atoms with E-state index in [9.17, 15) is 9.59 Å². The van der Waals surface area contributed by atoms with Gasteiger partial charge >= 0.3 is 11.9 Å². The Morgan fingerprint density at radius 3 is 2.54 bits per heavy atom. The second kappa shape index (κ2) is 7.04. The fourth-order valence-corrected chi connectivity index (χ4v) is 3.22. The van der Waals surface area contributed by atoms with E-state index in [2.05, 4.69) is 15.0 Å². The first kappa shape index (κ1) is 18.3. The highest BCUT2D eigenvalue weighted by Crippen LogP contribution is 2.37. The molecule has 3 heterocycles.